The van der Waals surface area contributed by atoms with Gasteiger partial charge in [-0.3, -0.25) is 0 Å². The summed E-state index contributed by atoms with van der Waals surface area (Å²) in [4.78, 5) is 0. The molecule has 21 heavy (non-hydrogen) atoms. The van der Waals surface area contributed by atoms with E-state index in [2.05, 4.69) is 15.9 Å². The Bertz CT molecular complexity index is 737. The van der Waals surface area contributed by atoms with Crippen LogP contribution in [-0.2, 0) is 16.6 Å². The van der Waals surface area contributed by atoms with Crippen molar-refractivity contribution in [2.75, 3.05) is 7.05 Å². The molecule has 0 amide bonds. The molecule has 1 heterocycles. The summed E-state index contributed by atoms with van der Waals surface area (Å²) in [5.74, 6) is -0.520. The zero-order valence-corrected chi connectivity index (χ0v) is 15.2. The van der Waals surface area contributed by atoms with Crippen molar-refractivity contribution >= 4 is 48.9 Å². The number of hydrogen-bond donors (Lipinski definition) is 0. The molecule has 3 nitrogen and oxygen atoms in total. The first-order valence-electron chi connectivity index (χ1n) is 5.88. The molecule has 114 valence electrons. The first-order chi connectivity index (χ1) is 9.73. The molecule has 0 radical (unpaired) electrons. The lowest BCUT2D eigenvalue weighted by atomic mass is 10.2. The van der Waals surface area contributed by atoms with Crippen molar-refractivity contribution in [2.24, 2.45) is 0 Å². The zero-order chi connectivity index (χ0) is 15.8. The van der Waals surface area contributed by atoms with Crippen LogP contribution in [0.4, 0.5) is 4.39 Å². The topological polar surface area (TPSA) is 37.4 Å². The molecule has 0 aliphatic rings. The molecule has 0 spiro atoms. The highest BCUT2D eigenvalue weighted by Crippen LogP contribution is 2.33. The van der Waals surface area contributed by atoms with Crippen LogP contribution in [0.5, 0.6) is 0 Å². The molecule has 2 rings (SSSR count). The van der Waals surface area contributed by atoms with Crippen LogP contribution in [0.3, 0.4) is 0 Å². The third kappa shape index (κ3) is 3.48. The summed E-state index contributed by atoms with van der Waals surface area (Å²) in [6, 6.07) is 5.86. The average Bonchev–Trinajstić information content (AvgIpc) is 2.74. The minimum atomic E-state index is -3.68. The molecule has 0 aliphatic carbocycles. The largest absolute Gasteiger partial charge is 0.252 e. The predicted octanol–water partition coefficient (Wildman–Crippen LogP) is 4.43. The Labute approximate surface area is 140 Å². The normalized spacial score (nSPS) is 12.1. The van der Waals surface area contributed by atoms with E-state index in [4.69, 9.17) is 11.6 Å². The number of hydrogen-bond acceptors (Lipinski definition) is 3. The molecule has 1 aromatic carbocycles. The lowest BCUT2D eigenvalue weighted by molar-refractivity contribution is 0.458. The quantitative estimate of drug-likeness (QED) is 0.745. The number of aryl methyl sites for hydroxylation is 1. The van der Waals surface area contributed by atoms with Gasteiger partial charge in [0.1, 0.15) is 10.0 Å². The van der Waals surface area contributed by atoms with E-state index in [1.54, 1.807) is 6.07 Å². The van der Waals surface area contributed by atoms with Gasteiger partial charge in [0, 0.05) is 24.2 Å². The molecular weight excluding hydrogens is 401 g/mol. The van der Waals surface area contributed by atoms with E-state index in [0.29, 0.717) is 0 Å². The maximum absolute atomic E-state index is 13.8. The van der Waals surface area contributed by atoms with Gasteiger partial charge in [0.2, 0.25) is 0 Å². The number of sulfonamides is 1. The van der Waals surface area contributed by atoms with Crippen molar-refractivity contribution in [2.45, 2.75) is 17.7 Å². The fourth-order valence-electron chi connectivity index (χ4n) is 1.70. The number of benzene rings is 1. The van der Waals surface area contributed by atoms with E-state index in [1.807, 2.05) is 6.92 Å². The standard InChI is InChI=1S/C13H12BrClFNO2S2/c1-8-6-12(20-13(8)14)21(18,19)17(2)7-9-10(15)4-3-5-11(9)16/h3-6H,7H2,1-2H3. The summed E-state index contributed by atoms with van der Waals surface area (Å²) in [6.07, 6.45) is 0. The highest BCUT2D eigenvalue weighted by atomic mass is 79.9. The first-order valence-corrected chi connectivity index (χ1v) is 9.31. The Kier molecular flexibility index (Phi) is 5.10. The van der Waals surface area contributed by atoms with Crippen molar-refractivity contribution in [3.8, 4) is 0 Å². The SMILES string of the molecule is Cc1cc(S(=O)(=O)N(C)Cc2c(F)cccc2Cl)sc1Br. The predicted molar refractivity (Wildman–Crippen MR) is 86.8 cm³/mol. The van der Waals surface area contributed by atoms with Crippen LogP contribution in [0.1, 0.15) is 11.1 Å². The Hall–Kier alpha value is -0.470. The summed E-state index contributed by atoms with van der Waals surface area (Å²) in [7, 11) is -2.27. The van der Waals surface area contributed by atoms with Gasteiger partial charge in [-0.15, -0.1) is 11.3 Å². The fraction of sp³-hybridized carbons (Fsp3) is 0.231. The molecule has 0 N–H and O–H groups in total. The van der Waals surface area contributed by atoms with E-state index in [1.165, 1.54) is 25.2 Å². The Balaban J connectivity index is 2.33. The minimum absolute atomic E-state index is 0.123. The van der Waals surface area contributed by atoms with Crippen LogP contribution < -0.4 is 0 Å². The molecule has 1 aromatic heterocycles. The van der Waals surface area contributed by atoms with Gasteiger partial charge in [0.05, 0.1) is 3.79 Å². The molecule has 8 heteroatoms. The molecule has 0 saturated heterocycles. The van der Waals surface area contributed by atoms with Gasteiger partial charge in [0.15, 0.2) is 0 Å². The number of rotatable bonds is 4. The van der Waals surface area contributed by atoms with Crippen molar-refractivity contribution in [3.63, 3.8) is 0 Å². The highest BCUT2D eigenvalue weighted by Gasteiger charge is 2.25. The summed E-state index contributed by atoms with van der Waals surface area (Å²) < 4.78 is 40.8. The smallest absolute Gasteiger partial charge is 0.207 e. The second-order valence-corrected chi connectivity index (χ2v) is 9.53. The molecule has 0 atom stereocenters. The van der Waals surface area contributed by atoms with Crippen LogP contribution in [0.25, 0.3) is 0 Å². The van der Waals surface area contributed by atoms with Crippen LogP contribution in [0.15, 0.2) is 32.3 Å². The summed E-state index contributed by atoms with van der Waals surface area (Å²) in [6.45, 7) is 1.69. The third-order valence-electron chi connectivity index (χ3n) is 2.94. The number of nitrogens with zero attached hydrogens (tertiary/aromatic N) is 1. The van der Waals surface area contributed by atoms with Gasteiger partial charge in [-0.05, 0) is 46.6 Å². The third-order valence-corrected chi connectivity index (χ3v) is 7.68. The molecule has 0 aliphatic heterocycles. The Morgan fingerprint density at radius 2 is 2.10 bits per heavy atom. The van der Waals surface area contributed by atoms with E-state index < -0.39 is 15.8 Å². The maximum atomic E-state index is 13.8. The fourth-order valence-corrected chi connectivity index (χ4v) is 5.50. The van der Waals surface area contributed by atoms with E-state index in [0.717, 1.165) is 25.0 Å². The van der Waals surface area contributed by atoms with Gasteiger partial charge in [-0.1, -0.05) is 17.7 Å². The molecular formula is C13H12BrClFNO2S2. The summed E-state index contributed by atoms with van der Waals surface area (Å²) in [5, 5.41) is 0.209. The summed E-state index contributed by atoms with van der Waals surface area (Å²) >= 11 is 10.4. The summed E-state index contributed by atoms with van der Waals surface area (Å²) in [5.41, 5.74) is 1.01. The highest BCUT2D eigenvalue weighted by molar-refractivity contribution is 9.11. The average molecular weight is 413 g/mol. The second kappa shape index (κ2) is 6.34. The first kappa shape index (κ1) is 16.9. The number of halogens is 3. The Morgan fingerprint density at radius 1 is 1.43 bits per heavy atom. The molecule has 0 bridgehead atoms. The van der Waals surface area contributed by atoms with Gasteiger partial charge >= 0.3 is 0 Å². The molecule has 2 aromatic rings. The van der Waals surface area contributed by atoms with Crippen molar-refractivity contribution in [1.82, 2.24) is 4.31 Å². The van der Waals surface area contributed by atoms with Crippen LogP contribution in [0.2, 0.25) is 5.02 Å². The minimum Gasteiger partial charge on any atom is -0.207 e. The van der Waals surface area contributed by atoms with Crippen molar-refractivity contribution in [1.29, 1.82) is 0 Å². The van der Waals surface area contributed by atoms with Crippen LogP contribution in [-0.4, -0.2) is 19.8 Å². The van der Waals surface area contributed by atoms with Gasteiger partial charge in [-0.2, -0.15) is 4.31 Å². The van der Waals surface area contributed by atoms with Gasteiger partial charge in [-0.25, -0.2) is 12.8 Å². The van der Waals surface area contributed by atoms with Crippen molar-refractivity contribution < 1.29 is 12.8 Å². The molecule has 0 unspecified atom stereocenters. The maximum Gasteiger partial charge on any atom is 0.252 e. The molecule has 0 saturated carbocycles. The zero-order valence-electron chi connectivity index (χ0n) is 11.2. The van der Waals surface area contributed by atoms with Gasteiger partial charge in [0.25, 0.3) is 10.0 Å². The van der Waals surface area contributed by atoms with E-state index >= 15 is 0 Å². The molecule has 0 fully saturated rings. The van der Waals surface area contributed by atoms with Crippen LogP contribution in [0, 0.1) is 12.7 Å². The second-order valence-electron chi connectivity index (χ2n) is 4.48. The van der Waals surface area contributed by atoms with E-state index in [9.17, 15) is 12.8 Å². The number of thiophene rings is 1. The van der Waals surface area contributed by atoms with Crippen LogP contribution >= 0.6 is 38.9 Å². The van der Waals surface area contributed by atoms with Crippen molar-refractivity contribution in [3.05, 3.63) is 50.0 Å². The lowest BCUT2D eigenvalue weighted by Gasteiger charge is -2.17. The van der Waals surface area contributed by atoms with Gasteiger partial charge < -0.3 is 0 Å². The Morgan fingerprint density at radius 3 is 2.62 bits per heavy atom. The monoisotopic (exact) mass is 411 g/mol. The lowest BCUT2D eigenvalue weighted by Crippen LogP contribution is -2.26. The van der Waals surface area contributed by atoms with E-state index in [-0.39, 0.29) is 21.3 Å².